The summed E-state index contributed by atoms with van der Waals surface area (Å²) in [5.74, 6) is 0.816. The Bertz CT molecular complexity index is 578. The minimum Gasteiger partial charge on any atom is -0.348 e. The summed E-state index contributed by atoms with van der Waals surface area (Å²) in [5.41, 5.74) is -0.101. The second-order valence-corrected chi connectivity index (χ2v) is 7.52. The van der Waals surface area contributed by atoms with E-state index in [2.05, 4.69) is 4.98 Å². The maximum absolute atomic E-state index is 12.3. The van der Waals surface area contributed by atoms with Gasteiger partial charge < -0.3 is 4.90 Å². The minimum absolute atomic E-state index is 0.101. The van der Waals surface area contributed by atoms with Gasteiger partial charge in [-0.15, -0.1) is 0 Å². The molecule has 2 rings (SSSR count). The van der Waals surface area contributed by atoms with E-state index in [1.165, 1.54) is 12.3 Å². The van der Waals surface area contributed by atoms with Crippen molar-refractivity contribution in [2.24, 2.45) is 0 Å². The number of pyridine rings is 1. The van der Waals surface area contributed by atoms with Crippen molar-refractivity contribution in [2.75, 3.05) is 23.7 Å². The highest BCUT2D eigenvalue weighted by Gasteiger charge is 2.40. The van der Waals surface area contributed by atoms with E-state index < -0.39 is 15.7 Å². The lowest BCUT2D eigenvalue weighted by Crippen LogP contribution is -2.53. The summed E-state index contributed by atoms with van der Waals surface area (Å²) in [4.78, 5) is 16.7. The highest BCUT2D eigenvalue weighted by atomic mass is 35.5. The molecular weight excluding hydrogens is 314 g/mol. The third-order valence-corrected chi connectivity index (χ3v) is 6.54. The summed E-state index contributed by atoms with van der Waals surface area (Å²) in [6.07, 6.45) is 2.96. The first-order chi connectivity index (χ1) is 9.93. The molecule has 8 heteroatoms. The summed E-state index contributed by atoms with van der Waals surface area (Å²) in [5, 5.41) is 11.4. The normalized spacial score (nSPS) is 21.3. The Morgan fingerprint density at radius 2 is 2.19 bits per heavy atom. The van der Waals surface area contributed by atoms with Crippen LogP contribution in [0.3, 0.4) is 0 Å². The number of nitro groups is 1. The van der Waals surface area contributed by atoms with Crippen LogP contribution in [0.2, 0.25) is 5.02 Å². The molecule has 0 aromatic carbocycles. The zero-order chi connectivity index (χ0) is 15.6. The first kappa shape index (κ1) is 16.2. The molecule has 0 spiro atoms. The number of halogens is 1. The number of hydrogen-bond donors (Lipinski definition) is 0. The van der Waals surface area contributed by atoms with Crippen molar-refractivity contribution in [3.63, 3.8) is 0 Å². The van der Waals surface area contributed by atoms with Crippen molar-refractivity contribution in [3.8, 4) is 0 Å². The van der Waals surface area contributed by atoms with Crippen LogP contribution in [0.4, 0.5) is 11.5 Å². The largest absolute Gasteiger partial charge is 0.348 e. The molecule has 0 saturated carbocycles. The predicted octanol–water partition coefficient (Wildman–Crippen LogP) is 2.77. The van der Waals surface area contributed by atoms with Gasteiger partial charge in [0.25, 0.3) is 0 Å². The zero-order valence-electron chi connectivity index (χ0n) is 12.0. The number of nitrogens with zero attached hydrogens (tertiary/aromatic N) is 3. The van der Waals surface area contributed by atoms with Gasteiger partial charge in [-0.2, -0.15) is 0 Å². The molecular formula is C13H18ClN3O3S. The maximum atomic E-state index is 12.3. The van der Waals surface area contributed by atoms with Gasteiger partial charge in [0, 0.05) is 41.9 Å². The molecule has 0 N–H and O–H groups in total. The fourth-order valence-corrected chi connectivity index (χ4v) is 4.60. The molecule has 1 saturated heterocycles. The van der Waals surface area contributed by atoms with E-state index in [4.69, 9.17) is 11.6 Å². The Morgan fingerprint density at radius 3 is 2.76 bits per heavy atom. The van der Waals surface area contributed by atoms with Crippen molar-refractivity contribution in [3.05, 3.63) is 27.4 Å². The molecule has 2 heterocycles. The second-order valence-electron chi connectivity index (χ2n) is 5.11. The molecule has 0 bridgehead atoms. The van der Waals surface area contributed by atoms with Gasteiger partial charge in [0.15, 0.2) is 0 Å². The predicted molar refractivity (Wildman–Crippen MR) is 84.4 cm³/mol. The molecule has 0 aliphatic carbocycles. The highest BCUT2D eigenvalue weighted by Crippen LogP contribution is 2.34. The fourth-order valence-electron chi connectivity index (χ4n) is 2.68. The molecule has 1 atom stereocenters. The fraction of sp³-hybridized carbons (Fsp3) is 0.615. The Kier molecular flexibility index (Phi) is 4.83. The van der Waals surface area contributed by atoms with Gasteiger partial charge in [-0.1, -0.05) is 25.4 Å². The van der Waals surface area contributed by atoms with Gasteiger partial charge in [-0.05, 0) is 12.8 Å². The van der Waals surface area contributed by atoms with Gasteiger partial charge in [0.05, 0.1) is 14.7 Å². The lowest BCUT2D eigenvalue weighted by atomic mass is 10.0. The van der Waals surface area contributed by atoms with Crippen LogP contribution >= 0.6 is 11.6 Å². The standard InChI is InChI=1S/C13H18ClN3O3S/c1-3-13(4-2)9-16(5-6-21(13)20)12-11(17(18)19)7-10(14)8-15-12/h7-8H,3-6,9H2,1-2H3. The quantitative estimate of drug-likeness (QED) is 0.626. The minimum atomic E-state index is -0.918. The van der Waals surface area contributed by atoms with E-state index in [1.807, 2.05) is 18.7 Å². The molecule has 1 aromatic heterocycles. The molecule has 0 amide bonds. The molecule has 116 valence electrons. The van der Waals surface area contributed by atoms with Crippen molar-refractivity contribution in [2.45, 2.75) is 31.4 Å². The molecule has 0 radical (unpaired) electrons. The highest BCUT2D eigenvalue weighted by molar-refractivity contribution is 7.86. The van der Waals surface area contributed by atoms with E-state index in [0.29, 0.717) is 24.7 Å². The van der Waals surface area contributed by atoms with E-state index in [0.717, 1.165) is 12.8 Å². The van der Waals surface area contributed by atoms with Crippen molar-refractivity contribution in [1.82, 2.24) is 4.98 Å². The number of aromatic nitrogens is 1. The third-order valence-electron chi connectivity index (χ3n) is 4.11. The molecule has 1 unspecified atom stereocenters. The van der Waals surface area contributed by atoms with Gasteiger partial charge in [-0.25, -0.2) is 4.98 Å². The summed E-state index contributed by atoms with van der Waals surface area (Å²) in [6.45, 7) is 5.04. The van der Waals surface area contributed by atoms with Gasteiger partial charge in [0.2, 0.25) is 5.82 Å². The average Bonchev–Trinajstić information content (AvgIpc) is 2.48. The first-order valence-corrected chi connectivity index (χ1v) is 8.56. The first-order valence-electron chi connectivity index (χ1n) is 6.87. The number of rotatable bonds is 4. The van der Waals surface area contributed by atoms with Gasteiger partial charge >= 0.3 is 5.69 Å². The zero-order valence-corrected chi connectivity index (χ0v) is 13.6. The van der Waals surface area contributed by atoms with E-state index >= 15 is 0 Å². The molecule has 6 nitrogen and oxygen atoms in total. The Hall–Kier alpha value is -1.21. The van der Waals surface area contributed by atoms with Crippen LogP contribution < -0.4 is 4.90 Å². The van der Waals surface area contributed by atoms with Gasteiger partial charge in [0.1, 0.15) is 0 Å². The van der Waals surface area contributed by atoms with Crippen LogP contribution in [-0.2, 0) is 10.8 Å². The van der Waals surface area contributed by atoms with Crippen molar-refractivity contribution >= 4 is 33.9 Å². The van der Waals surface area contributed by atoms with Crippen LogP contribution in [0.1, 0.15) is 26.7 Å². The Balaban J connectivity index is 2.39. The van der Waals surface area contributed by atoms with Crippen LogP contribution in [0.15, 0.2) is 12.3 Å². The summed E-state index contributed by atoms with van der Waals surface area (Å²) in [6, 6.07) is 1.31. The van der Waals surface area contributed by atoms with Crippen molar-refractivity contribution in [1.29, 1.82) is 0 Å². The monoisotopic (exact) mass is 331 g/mol. The lowest BCUT2D eigenvalue weighted by Gasteiger charge is -2.41. The number of anilines is 1. The van der Waals surface area contributed by atoms with Crippen LogP contribution in [0.25, 0.3) is 0 Å². The van der Waals surface area contributed by atoms with Crippen LogP contribution in [-0.4, -0.2) is 37.7 Å². The molecule has 1 aliphatic heterocycles. The van der Waals surface area contributed by atoms with E-state index in [-0.39, 0.29) is 15.5 Å². The summed E-state index contributed by atoms with van der Waals surface area (Å²) in [7, 11) is -0.918. The number of hydrogen-bond acceptors (Lipinski definition) is 5. The maximum Gasteiger partial charge on any atom is 0.313 e. The lowest BCUT2D eigenvalue weighted by molar-refractivity contribution is -0.384. The Labute approximate surface area is 131 Å². The van der Waals surface area contributed by atoms with Crippen molar-refractivity contribution < 1.29 is 9.13 Å². The summed E-state index contributed by atoms with van der Waals surface area (Å²) >= 11 is 5.80. The summed E-state index contributed by atoms with van der Waals surface area (Å²) < 4.78 is 12.0. The Morgan fingerprint density at radius 1 is 1.52 bits per heavy atom. The molecule has 21 heavy (non-hydrogen) atoms. The van der Waals surface area contributed by atoms with E-state index in [1.54, 1.807) is 0 Å². The SMILES string of the molecule is CCC1(CC)CN(c2ncc(Cl)cc2[N+](=O)[O-])CCS1=O. The molecule has 1 fully saturated rings. The third kappa shape index (κ3) is 3.03. The smallest absolute Gasteiger partial charge is 0.313 e. The van der Waals surface area contributed by atoms with Crippen LogP contribution in [0, 0.1) is 10.1 Å². The average molecular weight is 332 g/mol. The molecule has 1 aliphatic rings. The topological polar surface area (TPSA) is 76.3 Å². The van der Waals surface area contributed by atoms with Gasteiger partial charge in [-0.3, -0.25) is 14.3 Å². The van der Waals surface area contributed by atoms with Crippen LogP contribution in [0.5, 0.6) is 0 Å². The van der Waals surface area contributed by atoms with E-state index in [9.17, 15) is 14.3 Å². The molecule has 1 aromatic rings. The second kappa shape index (κ2) is 6.27.